The molecule has 6 rings (SSSR count). The van der Waals surface area contributed by atoms with E-state index in [9.17, 15) is 14.4 Å². The van der Waals surface area contributed by atoms with Crippen LogP contribution in [0.25, 0.3) is 34.3 Å². The molecular formula is C33H22BrN3O3. The molecule has 0 radical (unpaired) electrons. The Bertz CT molecular complexity index is 1780. The number of halogens is 1. The number of aromatic nitrogens is 1. The average molecular weight is 588 g/mol. The van der Waals surface area contributed by atoms with Crippen molar-refractivity contribution >= 4 is 45.5 Å². The predicted octanol–water partition coefficient (Wildman–Crippen LogP) is 7.24. The maximum absolute atomic E-state index is 13.7. The summed E-state index contributed by atoms with van der Waals surface area (Å²) in [6.07, 6.45) is 1.57. The highest BCUT2D eigenvalue weighted by Gasteiger charge is 2.37. The van der Waals surface area contributed by atoms with Gasteiger partial charge in [-0.1, -0.05) is 101 Å². The van der Waals surface area contributed by atoms with E-state index in [2.05, 4.69) is 25.8 Å². The summed E-state index contributed by atoms with van der Waals surface area (Å²) in [5, 5.41) is 2.33. The zero-order valence-corrected chi connectivity index (χ0v) is 22.7. The molecule has 6 nitrogen and oxygen atoms in total. The molecule has 0 unspecified atom stereocenters. The van der Waals surface area contributed by atoms with Crippen LogP contribution < -0.4 is 10.2 Å². The molecular weight excluding hydrogens is 566 g/mol. The fourth-order valence-corrected chi connectivity index (χ4v) is 5.25. The summed E-state index contributed by atoms with van der Waals surface area (Å²) < 4.78 is 2.83. The largest absolute Gasteiger partial charge is 0.335 e. The molecule has 0 spiro atoms. The van der Waals surface area contributed by atoms with Crippen molar-refractivity contribution in [3.05, 3.63) is 137 Å². The number of urea groups is 1. The highest BCUT2D eigenvalue weighted by atomic mass is 79.9. The highest BCUT2D eigenvalue weighted by Crippen LogP contribution is 2.37. The summed E-state index contributed by atoms with van der Waals surface area (Å²) >= 11 is 3.39. The van der Waals surface area contributed by atoms with Crippen LogP contribution in [0.1, 0.15) is 5.56 Å². The summed E-state index contributed by atoms with van der Waals surface area (Å²) in [7, 11) is 0. The van der Waals surface area contributed by atoms with Crippen LogP contribution in [0.3, 0.4) is 0 Å². The van der Waals surface area contributed by atoms with Crippen LogP contribution in [0, 0.1) is 0 Å². The van der Waals surface area contributed by atoms with Crippen LogP contribution >= 0.6 is 15.9 Å². The number of carbonyl (C=O) groups excluding carboxylic acids is 3. The summed E-state index contributed by atoms with van der Waals surface area (Å²) in [6, 6.07) is 37.7. The minimum Gasteiger partial charge on any atom is -0.309 e. The molecule has 1 saturated heterocycles. The van der Waals surface area contributed by atoms with E-state index in [-0.39, 0.29) is 5.57 Å². The average Bonchev–Trinajstić information content (AvgIpc) is 3.36. The molecule has 1 aliphatic heterocycles. The molecule has 0 aliphatic carbocycles. The molecule has 0 saturated carbocycles. The number of carbonyl (C=O) groups is 3. The van der Waals surface area contributed by atoms with Crippen LogP contribution in [0.5, 0.6) is 0 Å². The van der Waals surface area contributed by atoms with Crippen LogP contribution in [-0.2, 0) is 9.59 Å². The first kappa shape index (κ1) is 25.3. The topological polar surface area (TPSA) is 71.4 Å². The van der Waals surface area contributed by atoms with Crippen molar-refractivity contribution in [1.29, 1.82) is 0 Å². The van der Waals surface area contributed by atoms with E-state index in [0.29, 0.717) is 15.7 Å². The van der Waals surface area contributed by atoms with Gasteiger partial charge in [-0.3, -0.25) is 14.9 Å². The van der Waals surface area contributed by atoms with Crippen molar-refractivity contribution in [1.82, 2.24) is 9.88 Å². The second-order valence-corrected chi connectivity index (χ2v) is 10.1. The molecule has 40 heavy (non-hydrogen) atoms. The van der Waals surface area contributed by atoms with Crippen molar-refractivity contribution in [2.24, 2.45) is 0 Å². The van der Waals surface area contributed by atoms with Gasteiger partial charge in [0.1, 0.15) is 5.57 Å². The summed E-state index contributed by atoms with van der Waals surface area (Å²) in [6.45, 7) is 0. The van der Waals surface area contributed by atoms with Crippen molar-refractivity contribution in [2.75, 3.05) is 4.90 Å². The number of rotatable bonds is 5. The molecule has 1 aromatic heterocycles. The second-order valence-electron chi connectivity index (χ2n) is 9.17. The van der Waals surface area contributed by atoms with E-state index in [4.69, 9.17) is 0 Å². The van der Waals surface area contributed by atoms with E-state index in [0.717, 1.165) is 33.1 Å². The van der Waals surface area contributed by atoms with Crippen molar-refractivity contribution in [3.8, 4) is 28.2 Å². The molecule has 0 bridgehead atoms. The van der Waals surface area contributed by atoms with Gasteiger partial charge in [-0.05, 0) is 53.6 Å². The Morgan fingerprint density at radius 3 is 1.90 bits per heavy atom. The molecule has 194 valence electrons. The maximum Gasteiger partial charge on any atom is 0.335 e. The standard InChI is InChI=1S/C33H22BrN3O3/c34-25-15-10-18-27(21-25)37-32(39)28(31(38)35-33(37)40)19-24-20-29(22-11-4-1-5-12-22)36(26-16-8-3-9-17-26)30(24)23-13-6-2-7-14-23/h1-21H,(H,35,38,40)/b28-19-. The van der Waals surface area contributed by atoms with Crippen molar-refractivity contribution in [2.45, 2.75) is 0 Å². The molecule has 1 aliphatic rings. The van der Waals surface area contributed by atoms with Gasteiger partial charge >= 0.3 is 6.03 Å². The molecule has 7 heteroatoms. The molecule has 2 heterocycles. The van der Waals surface area contributed by atoms with E-state index in [1.165, 1.54) is 0 Å². The van der Waals surface area contributed by atoms with Gasteiger partial charge in [-0.15, -0.1) is 0 Å². The van der Waals surface area contributed by atoms with E-state index >= 15 is 0 Å². The Hall–Kier alpha value is -5.01. The molecule has 4 aromatic carbocycles. The maximum atomic E-state index is 13.7. The number of nitrogens with zero attached hydrogens (tertiary/aromatic N) is 2. The van der Waals surface area contributed by atoms with Crippen molar-refractivity contribution < 1.29 is 14.4 Å². The minimum absolute atomic E-state index is 0.137. The number of hydrogen-bond donors (Lipinski definition) is 1. The summed E-state index contributed by atoms with van der Waals surface area (Å²) in [5.41, 5.74) is 5.38. The zero-order valence-electron chi connectivity index (χ0n) is 21.1. The van der Waals surface area contributed by atoms with E-state index in [1.807, 2.05) is 97.1 Å². The van der Waals surface area contributed by atoms with Gasteiger partial charge in [0.15, 0.2) is 0 Å². The third-order valence-electron chi connectivity index (χ3n) is 6.63. The first-order chi connectivity index (χ1) is 19.5. The normalized spacial score (nSPS) is 14.5. The molecule has 4 amide bonds. The highest BCUT2D eigenvalue weighted by molar-refractivity contribution is 9.10. The Labute approximate surface area is 239 Å². The van der Waals surface area contributed by atoms with Gasteiger partial charge in [-0.25, -0.2) is 9.69 Å². The van der Waals surface area contributed by atoms with Gasteiger partial charge in [0.25, 0.3) is 11.8 Å². The first-order valence-electron chi connectivity index (χ1n) is 12.6. The monoisotopic (exact) mass is 587 g/mol. The van der Waals surface area contributed by atoms with Gasteiger partial charge in [0.2, 0.25) is 0 Å². The lowest BCUT2D eigenvalue weighted by Crippen LogP contribution is -2.54. The third kappa shape index (κ3) is 4.67. The SMILES string of the molecule is O=C1NC(=O)N(c2cccc(Br)c2)C(=O)/C1=C\c1cc(-c2ccccc2)n(-c2ccccc2)c1-c1ccccc1. The minimum atomic E-state index is -0.791. The number of amides is 4. The number of imide groups is 2. The fraction of sp³-hybridized carbons (Fsp3) is 0. The lowest BCUT2D eigenvalue weighted by Gasteiger charge is -2.26. The van der Waals surface area contributed by atoms with Crippen LogP contribution in [0.15, 0.2) is 131 Å². The smallest absolute Gasteiger partial charge is 0.309 e. The first-order valence-corrected chi connectivity index (χ1v) is 13.4. The van der Waals surface area contributed by atoms with Gasteiger partial charge < -0.3 is 4.57 Å². The zero-order chi connectivity index (χ0) is 27.6. The number of para-hydroxylation sites is 1. The molecule has 1 fully saturated rings. The van der Waals surface area contributed by atoms with E-state index < -0.39 is 17.8 Å². The Morgan fingerprint density at radius 1 is 0.650 bits per heavy atom. The summed E-state index contributed by atoms with van der Waals surface area (Å²) in [5.74, 6) is -1.44. The molecule has 5 aromatic rings. The van der Waals surface area contributed by atoms with Crippen LogP contribution in [0.2, 0.25) is 0 Å². The molecule has 1 N–H and O–H groups in total. The van der Waals surface area contributed by atoms with Crippen LogP contribution in [0.4, 0.5) is 10.5 Å². The van der Waals surface area contributed by atoms with Crippen molar-refractivity contribution in [3.63, 3.8) is 0 Å². The van der Waals surface area contributed by atoms with E-state index in [1.54, 1.807) is 30.3 Å². The Kier molecular flexibility index (Phi) is 6.72. The fourth-order valence-electron chi connectivity index (χ4n) is 4.86. The lowest BCUT2D eigenvalue weighted by atomic mass is 10.0. The number of hydrogen-bond acceptors (Lipinski definition) is 3. The van der Waals surface area contributed by atoms with Crippen LogP contribution in [-0.4, -0.2) is 22.4 Å². The summed E-state index contributed by atoms with van der Waals surface area (Å²) in [4.78, 5) is 40.5. The lowest BCUT2D eigenvalue weighted by molar-refractivity contribution is -0.122. The third-order valence-corrected chi connectivity index (χ3v) is 7.12. The number of anilines is 1. The van der Waals surface area contributed by atoms with Gasteiger partial charge in [-0.2, -0.15) is 0 Å². The molecule has 0 atom stereocenters. The van der Waals surface area contributed by atoms with Gasteiger partial charge in [0.05, 0.1) is 17.1 Å². The number of nitrogens with one attached hydrogen (secondary N) is 1. The Morgan fingerprint density at radius 2 is 1.25 bits per heavy atom. The number of barbiturate groups is 1. The Balaban J connectivity index is 1.59. The predicted molar refractivity (Wildman–Crippen MR) is 160 cm³/mol. The van der Waals surface area contributed by atoms with Gasteiger partial charge in [0, 0.05) is 15.7 Å². The number of benzene rings is 4. The quantitative estimate of drug-likeness (QED) is 0.174. The second kappa shape index (κ2) is 10.6.